The lowest BCUT2D eigenvalue weighted by molar-refractivity contribution is -0.137. The number of benzene rings is 2. The van der Waals surface area contributed by atoms with Gasteiger partial charge in [-0.15, -0.1) is 0 Å². The number of methoxy groups -OCH3 is 1. The molecule has 1 aliphatic rings. The van der Waals surface area contributed by atoms with Crippen LogP contribution in [0.5, 0.6) is 5.75 Å². The molecule has 0 bridgehead atoms. The Hall–Kier alpha value is -3.34. The molecule has 0 radical (unpaired) electrons. The number of alkyl halides is 3. The molecule has 174 valence electrons. The molecule has 1 unspecified atom stereocenters. The van der Waals surface area contributed by atoms with Gasteiger partial charge in [-0.3, -0.25) is 9.48 Å². The van der Waals surface area contributed by atoms with Crippen molar-refractivity contribution in [3.8, 4) is 17.0 Å². The maximum absolute atomic E-state index is 13.0. The number of anilines is 1. The quantitative estimate of drug-likeness (QED) is 0.593. The number of aromatic nitrogens is 2. The fraction of sp³-hybridized carbons (Fsp3) is 0.273. The molecule has 1 fully saturated rings. The first-order valence-electron chi connectivity index (χ1n) is 9.99. The minimum atomic E-state index is -4.54. The van der Waals surface area contributed by atoms with Crippen LogP contribution in [-0.2, 0) is 16.0 Å². The average molecular weight is 479 g/mol. The number of nitrogens with zero attached hydrogens (tertiary/aromatic N) is 2. The largest absolute Gasteiger partial charge is 0.497 e. The summed E-state index contributed by atoms with van der Waals surface area (Å²) in [5.74, 6) is -0.169. The van der Waals surface area contributed by atoms with Crippen LogP contribution >= 0.6 is 0 Å². The molecule has 11 heteroatoms. The van der Waals surface area contributed by atoms with Gasteiger partial charge in [-0.25, -0.2) is 8.42 Å². The van der Waals surface area contributed by atoms with Gasteiger partial charge < -0.3 is 10.1 Å². The Kier molecular flexibility index (Phi) is 5.91. The second-order valence-electron chi connectivity index (χ2n) is 7.68. The standard InChI is InChI=1S/C22H20F3N3O4S/c1-32-18-7-5-14(6-8-18)20-12-19(27-28(20)17-9-10-33(30,31)13-17)21(29)26-16-4-2-3-15(11-16)22(23,24)25/h2-8,11-12,17H,9-10,13H2,1H3,(H,26,29). The summed E-state index contributed by atoms with van der Waals surface area (Å²) >= 11 is 0. The summed E-state index contributed by atoms with van der Waals surface area (Å²) in [6, 6.07) is 12.3. The van der Waals surface area contributed by atoms with Crippen LogP contribution in [0.25, 0.3) is 11.3 Å². The topological polar surface area (TPSA) is 90.3 Å². The number of sulfone groups is 1. The van der Waals surface area contributed by atoms with E-state index in [-0.39, 0.29) is 22.9 Å². The maximum Gasteiger partial charge on any atom is 0.416 e. The summed E-state index contributed by atoms with van der Waals surface area (Å²) < 4.78 is 69.6. The van der Waals surface area contributed by atoms with Crippen molar-refractivity contribution >= 4 is 21.4 Å². The van der Waals surface area contributed by atoms with E-state index in [1.165, 1.54) is 30.0 Å². The van der Waals surface area contributed by atoms with Gasteiger partial charge in [0.1, 0.15) is 5.75 Å². The van der Waals surface area contributed by atoms with Crippen LogP contribution in [0.4, 0.5) is 18.9 Å². The number of hydrogen-bond acceptors (Lipinski definition) is 5. The van der Waals surface area contributed by atoms with Gasteiger partial charge in [-0.05, 0) is 55.0 Å². The fourth-order valence-electron chi connectivity index (χ4n) is 3.70. The number of ether oxygens (including phenoxy) is 1. The Morgan fingerprint density at radius 3 is 2.48 bits per heavy atom. The smallest absolute Gasteiger partial charge is 0.416 e. The van der Waals surface area contributed by atoms with E-state index in [2.05, 4.69) is 10.4 Å². The number of halogens is 3. The van der Waals surface area contributed by atoms with Gasteiger partial charge in [0.15, 0.2) is 15.5 Å². The summed E-state index contributed by atoms with van der Waals surface area (Å²) in [6.45, 7) is 0. The molecule has 0 spiro atoms. The van der Waals surface area contributed by atoms with E-state index < -0.39 is 33.5 Å². The molecule has 1 aliphatic heterocycles. The molecule has 1 aromatic heterocycles. The van der Waals surface area contributed by atoms with Gasteiger partial charge >= 0.3 is 6.18 Å². The number of rotatable bonds is 5. The third kappa shape index (κ3) is 5.03. The summed E-state index contributed by atoms with van der Waals surface area (Å²) in [5, 5.41) is 6.77. The summed E-state index contributed by atoms with van der Waals surface area (Å²) in [7, 11) is -1.69. The van der Waals surface area contributed by atoms with E-state index in [1.54, 1.807) is 24.3 Å². The average Bonchev–Trinajstić information content (AvgIpc) is 3.37. The van der Waals surface area contributed by atoms with Gasteiger partial charge in [0.05, 0.1) is 35.9 Å². The molecule has 3 aromatic rings. The van der Waals surface area contributed by atoms with Crippen LogP contribution in [0, 0.1) is 0 Å². The lowest BCUT2D eigenvalue weighted by atomic mass is 10.1. The van der Waals surface area contributed by atoms with Crippen LogP contribution in [0.2, 0.25) is 0 Å². The van der Waals surface area contributed by atoms with Crippen molar-refractivity contribution < 1.29 is 31.1 Å². The zero-order chi connectivity index (χ0) is 23.8. The highest BCUT2D eigenvalue weighted by atomic mass is 32.2. The Balaban J connectivity index is 1.68. The van der Waals surface area contributed by atoms with Crippen molar-refractivity contribution in [3.63, 3.8) is 0 Å². The van der Waals surface area contributed by atoms with Crippen molar-refractivity contribution in [3.05, 3.63) is 65.9 Å². The number of nitrogens with one attached hydrogen (secondary N) is 1. The number of hydrogen-bond donors (Lipinski definition) is 1. The van der Waals surface area contributed by atoms with E-state index in [0.717, 1.165) is 12.1 Å². The predicted molar refractivity (Wildman–Crippen MR) is 116 cm³/mol. The van der Waals surface area contributed by atoms with Crippen molar-refractivity contribution in [1.82, 2.24) is 9.78 Å². The molecule has 1 saturated heterocycles. The lowest BCUT2D eigenvalue weighted by Crippen LogP contribution is -2.17. The van der Waals surface area contributed by atoms with Crippen molar-refractivity contribution in [2.75, 3.05) is 23.9 Å². The monoisotopic (exact) mass is 479 g/mol. The molecule has 1 atom stereocenters. The molecular formula is C22H20F3N3O4S. The minimum Gasteiger partial charge on any atom is -0.497 e. The van der Waals surface area contributed by atoms with Gasteiger partial charge in [0, 0.05) is 11.3 Å². The van der Waals surface area contributed by atoms with Gasteiger partial charge in [-0.1, -0.05) is 6.07 Å². The second kappa shape index (κ2) is 8.54. The first-order valence-corrected chi connectivity index (χ1v) is 11.8. The van der Waals surface area contributed by atoms with Crippen molar-refractivity contribution in [2.45, 2.75) is 18.6 Å². The molecule has 1 N–H and O–H groups in total. The molecule has 2 aromatic carbocycles. The summed E-state index contributed by atoms with van der Waals surface area (Å²) in [4.78, 5) is 12.8. The van der Waals surface area contributed by atoms with Crippen molar-refractivity contribution in [1.29, 1.82) is 0 Å². The molecule has 0 saturated carbocycles. The normalized spacial score (nSPS) is 17.6. The molecule has 2 heterocycles. The second-order valence-corrected chi connectivity index (χ2v) is 9.91. The third-order valence-corrected chi connectivity index (χ3v) is 7.11. The molecule has 33 heavy (non-hydrogen) atoms. The predicted octanol–water partition coefficient (Wildman–Crippen LogP) is 4.19. The Morgan fingerprint density at radius 1 is 1.15 bits per heavy atom. The highest BCUT2D eigenvalue weighted by Gasteiger charge is 2.33. The lowest BCUT2D eigenvalue weighted by Gasteiger charge is -2.13. The number of carbonyl (C=O) groups is 1. The van der Waals surface area contributed by atoms with E-state index in [0.29, 0.717) is 23.4 Å². The van der Waals surface area contributed by atoms with E-state index >= 15 is 0 Å². The zero-order valence-electron chi connectivity index (χ0n) is 17.5. The fourth-order valence-corrected chi connectivity index (χ4v) is 5.39. The van der Waals surface area contributed by atoms with Gasteiger partial charge in [0.25, 0.3) is 5.91 Å². The number of amides is 1. The minimum absolute atomic E-state index is 0.0192. The van der Waals surface area contributed by atoms with Crippen LogP contribution in [0.1, 0.15) is 28.5 Å². The van der Waals surface area contributed by atoms with E-state index in [1.807, 2.05) is 0 Å². The molecule has 1 amide bonds. The molecular weight excluding hydrogens is 459 g/mol. The Morgan fingerprint density at radius 2 is 1.88 bits per heavy atom. The maximum atomic E-state index is 13.0. The molecule has 7 nitrogen and oxygen atoms in total. The van der Waals surface area contributed by atoms with Crippen LogP contribution in [0.15, 0.2) is 54.6 Å². The zero-order valence-corrected chi connectivity index (χ0v) is 18.3. The Bertz CT molecular complexity index is 1280. The Labute approximate surface area is 188 Å². The van der Waals surface area contributed by atoms with Gasteiger partial charge in [-0.2, -0.15) is 18.3 Å². The summed E-state index contributed by atoms with van der Waals surface area (Å²) in [6.07, 6.45) is -4.19. The molecule has 4 rings (SSSR count). The first-order chi connectivity index (χ1) is 15.6. The van der Waals surface area contributed by atoms with E-state index in [4.69, 9.17) is 4.74 Å². The van der Waals surface area contributed by atoms with E-state index in [9.17, 15) is 26.4 Å². The van der Waals surface area contributed by atoms with Crippen LogP contribution in [-0.4, -0.2) is 42.7 Å². The first kappa shape index (κ1) is 22.8. The number of carbonyl (C=O) groups excluding carboxylic acids is 1. The van der Waals surface area contributed by atoms with Gasteiger partial charge in [0.2, 0.25) is 0 Å². The van der Waals surface area contributed by atoms with Crippen LogP contribution in [0.3, 0.4) is 0 Å². The highest BCUT2D eigenvalue weighted by molar-refractivity contribution is 7.91. The van der Waals surface area contributed by atoms with Crippen molar-refractivity contribution in [2.24, 2.45) is 0 Å². The third-order valence-electron chi connectivity index (χ3n) is 5.36. The SMILES string of the molecule is COc1ccc(-c2cc(C(=O)Nc3cccc(C(F)(F)F)c3)nn2C2CCS(=O)(=O)C2)cc1. The summed E-state index contributed by atoms with van der Waals surface area (Å²) in [5.41, 5.74) is 0.252. The van der Waals surface area contributed by atoms with Crippen LogP contribution < -0.4 is 10.1 Å². The molecule has 0 aliphatic carbocycles. The highest BCUT2D eigenvalue weighted by Crippen LogP contribution is 2.32.